The van der Waals surface area contributed by atoms with Gasteiger partial charge in [0.05, 0.1) is 5.56 Å². The number of benzene rings is 2. The van der Waals surface area contributed by atoms with E-state index in [1.807, 2.05) is 41.0 Å². The number of rotatable bonds is 3. The van der Waals surface area contributed by atoms with Crippen LogP contribution in [0.15, 0.2) is 48.5 Å². The second-order valence-electron chi connectivity index (χ2n) is 8.43. The van der Waals surface area contributed by atoms with Gasteiger partial charge in [0.15, 0.2) is 0 Å². The van der Waals surface area contributed by atoms with E-state index in [1.54, 1.807) is 6.07 Å². The topological polar surface area (TPSA) is 26.8 Å². The van der Waals surface area contributed by atoms with Gasteiger partial charge in [0.1, 0.15) is 0 Å². The third-order valence-electron chi connectivity index (χ3n) is 6.43. The van der Waals surface area contributed by atoms with Crippen LogP contribution in [-0.2, 0) is 6.18 Å². The van der Waals surface area contributed by atoms with E-state index in [-0.39, 0.29) is 5.91 Å². The van der Waals surface area contributed by atoms with Crippen molar-refractivity contribution < 1.29 is 18.0 Å². The molecular weight excluding hydrogens is 403 g/mol. The Bertz CT molecular complexity index is 922. The van der Waals surface area contributed by atoms with E-state index in [1.165, 1.54) is 12.1 Å². The van der Waals surface area contributed by atoms with Gasteiger partial charge in [-0.05, 0) is 49.6 Å². The van der Waals surface area contributed by atoms with Gasteiger partial charge in [0.2, 0.25) is 0 Å². The Morgan fingerprint density at radius 2 is 1.71 bits per heavy atom. The minimum atomic E-state index is -4.33. The molecule has 0 radical (unpaired) electrons. The van der Waals surface area contributed by atoms with Crippen LogP contribution in [0.3, 0.4) is 0 Å². The fourth-order valence-corrected chi connectivity index (χ4v) is 4.64. The first kappa shape index (κ1) is 21.7. The second kappa shape index (κ2) is 8.91. The van der Waals surface area contributed by atoms with Crippen molar-refractivity contribution in [3.8, 4) is 0 Å². The van der Waals surface area contributed by atoms with Crippen molar-refractivity contribution in [2.45, 2.75) is 32.0 Å². The molecule has 2 aromatic rings. The molecule has 1 amide bonds. The van der Waals surface area contributed by atoms with E-state index in [0.717, 1.165) is 49.7 Å². The van der Waals surface area contributed by atoms with Gasteiger partial charge in [-0.1, -0.05) is 24.3 Å². The number of carbonyl (C=O) groups excluding carboxylic acids is 1. The van der Waals surface area contributed by atoms with E-state index in [9.17, 15) is 18.0 Å². The number of aryl methyl sites for hydroxylation is 1. The largest absolute Gasteiger partial charge is 0.416 e. The number of nitrogens with zero attached hydrogens (tertiary/aromatic N) is 3. The van der Waals surface area contributed by atoms with Crippen LogP contribution in [0.25, 0.3) is 0 Å². The van der Waals surface area contributed by atoms with Crippen LogP contribution in [0.4, 0.5) is 18.9 Å². The average molecular weight is 432 g/mol. The number of hydrogen-bond donors (Lipinski definition) is 0. The lowest BCUT2D eigenvalue weighted by molar-refractivity contribution is -0.137. The maximum atomic E-state index is 13.0. The molecule has 0 unspecified atom stereocenters. The van der Waals surface area contributed by atoms with E-state index in [4.69, 9.17) is 0 Å². The lowest BCUT2D eigenvalue weighted by Crippen LogP contribution is -2.56. The van der Waals surface area contributed by atoms with Crippen LogP contribution in [-0.4, -0.2) is 61.0 Å². The number of halogens is 3. The Kier molecular flexibility index (Phi) is 6.23. The molecule has 2 aliphatic rings. The summed E-state index contributed by atoms with van der Waals surface area (Å²) in [5.74, 6) is 0.0883. The summed E-state index contributed by atoms with van der Waals surface area (Å²) in [5, 5.41) is 0. The number of alkyl halides is 3. The van der Waals surface area contributed by atoms with Crippen LogP contribution in [0.1, 0.15) is 34.3 Å². The standard InChI is InChI=1S/C24H28F3N3O/c1-18-6-2-3-10-22(18)23(31)30-11-5-9-21(17-30)29-14-12-28(13-15-29)20-8-4-7-19(16-20)24(25,26)27/h2-4,6-8,10,16,21H,5,9,11-15,17H2,1H3/t21-/m1/s1. The summed E-state index contributed by atoms with van der Waals surface area (Å²) in [7, 11) is 0. The highest BCUT2D eigenvalue weighted by Crippen LogP contribution is 2.32. The van der Waals surface area contributed by atoms with Gasteiger partial charge in [0, 0.05) is 56.6 Å². The molecular formula is C24H28F3N3O. The molecule has 7 heteroatoms. The Balaban J connectivity index is 1.37. The molecule has 2 saturated heterocycles. The fraction of sp³-hybridized carbons (Fsp3) is 0.458. The Morgan fingerprint density at radius 1 is 0.968 bits per heavy atom. The normalized spacial score (nSPS) is 20.7. The van der Waals surface area contributed by atoms with Gasteiger partial charge in [0.25, 0.3) is 5.91 Å². The molecule has 0 aliphatic carbocycles. The Labute approximate surface area is 181 Å². The monoisotopic (exact) mass is 431 g/mol. The number of piperazine rings is 1. The van der Waals surface area contributed by atoms with Crippen LogP contribution >= 0.6 is 0 Å². The lowest BCUT2D eigenvalue weighted by Gasteiger charge is -2.44. The first-order valence-electron chi connectivity index (χ1n) is 10.8. The van der Waals surface area contributed by atoms with Crippen LogP contribution in [0, 0.1) is 6.92 Å². The predicted molar refractivity (Wildman–Crippen MR) is 115 cm³/mol. The van der Waals surface area contributed by atoms with E-state index in [2.05, 4.69) is 4.90 Å². The summed E-state index contributed by atoms with van der Waals surface area (Å²) >= 11 is 0. The van der Waals surface area contributed by atoms with Crippen molar-refractivity contribution >= 4 is 11.6 Å². The zero-order valence-electron chi connectivity index (χ0n) is 17.7. The molecule has 0 aromatic heterocycles. The molecule has 2 aromatic carbocycles. The van der Waals surface area contributed by atoms with Gasteiger partial charge in [-0.15, -0.1) is 0 Å². The van der Waals surface area contributed by atoms with Crippen molar-refractivity contribution in [1.29, 1.82) is 0 Å². The smallest absolute Gasteiger partial charge is 0.369 e. The third-order valence-corrected chi connectivity index (χ3v) is 6.43. The van der Waals surface area contributed by atoms with Crippen molar-refractivity contribution in [2.75, 3.05) is 44.2 Å². The van der Waals surface area contributed by atoms with Crippen molar-refractivity contribution in [1.82, 2.24) is 9.80 Å². The van der Waals surface area contributed by atoms with Gasteiger partial charge < -0.3 is 9.80 Å². The van der Waals surface area contributed by atoms with Crippen molar-refractivity contribution in [3.05, 3.63) is 65.2 Å². The highest BCUT2D eigenvalue weighted by atomic mass is 19.4. The zero-order chi connectivity index (χ0) is 22.0. The second-order valence-corrected chi connectivity index (χ2v) is 8.43. The summed E-state index contributed by atoms with van der Waals surface area (Å²) in [6, 6.07) is 13.5. The maximum Gasteiger partial charge on any atom is 0.416 e. The van der Waals surface area contributed by atoms with Crippen LogP contribution in [0.5, 0.6) is 0 Å². The molecule has 2 fully saturated rings. The quantitative estimate of drug-likeness (QED) is 0.719. The molecule has 0 bridgehead atoms. The summed E-state index contributed by atoms with van der Waals surface area (Å²) in [5.41, 5.74) is 1.77. The minimum absolute atomic E-state index is 0.0883. The van der Waals surface area contributed by atoms with Crippen molar-refractivity contribution in [3.63, 3.8) is 0 Å². The predicted octanol–water partition coefficient (Wildman–Crippen LogP) is 4.44. The SMILES string of the molecule is Cc1ccccc1C(=O)N1CCC[C@@H](N2CCN(c3cccc(C(F)(F)F)c3)CC2)C1. The highest BCUT2D eigenvalue weighted by Gasteiger charge is 2.33. The zero-order valence-corrected chi connectivity index (χ0v) is 17.7. The van der Waals surface area contributed by atoms with Crippen LogP contribution in [0.2, 0.25) is 0 Å². The molecule has 0 saturated carbocycles. The van der Waals surface area contributed by atoms with Gasteiger partial charge in [-0.3, -0.25) is 9.69 Å². The molecule has 2 aliphatic heterocycles. The summed E-state index contributed by atoms with van der Waals surface area (Å²) in [6.45, 7) is 6.37. The van der Waals surface area contributed by atoms with Gasteiger partial charge in [-0.2, -0.15) is 13.2 Å². The number of anilines is 1. The molecule has 4 rings (SSSR count). The number of piperidine rings is 1. The summed E-state index contributed by atoms with van der Waals surface area (Å²) in [6.07, 6.45) is -2.32. The molecule has 0 spiro atoms. The molecule has 0 N–H and O–H groups in total. The Hall–Kier alpha value is -2.54. The molecule has 4 nitrogen and oxygen atoms in total. The Morgan fingerprint density at radius 3 is 2.42 bits per heavy atom. The average Bonchev–Trinajstić information content (AvgIpc) is 2.79. The number of amides is 1. The maximum absolute atomic E-state index is 13.0. The fourth-order valence-electron chi connectivity index (χ4n) is 4.64. The van der Waals surface area contributed by atoms with E-state index in [0.29, 0.717) is 31.4 Å². The molecule has 2 heterocycles. The number of likely N-dealkylation sites (tertiary alicyclic amines) is 1. The van der Waals surface area contributed by atoms with Gasteiger partial charge >= 0.3 is 6.18 Å². The third kappa shape index (κ3) is 4.87. The number of carbonyl (C=O) groups is 1. The molecule has 1 atom stereocenters. The van der Waals surface area contributed by atoms with Crippen LogP contribution < -0.4 is 4.90 Å². The van der Waals surface area contributed by atoms with Crippen molar-refractivity contribution in [2.24, 2.45) is 0 Å². The molecule has 166 valence electrons. The minimum Gasteiger partial charge on any atom is -0.369 e. The first-order valence-corrected chi connectivity index (χ1v) is 10.8. The lowest BCUT2D eigenvalue weighted by atomic mass is 10.0. The first-order chi connectivity index (χ1) is 14.8. The van der Waals surface area contributed by atoms with E-state index >= 15 is 0 Å². The number of hydrogen-bond acceptors (Lipinski definition) is 3. The van der Waals surface area contributed by atoms with E-state index < -0.39 is 11.7 Å². The summed E-state index contributed by atoms with van der Waals surface area (Å²) in [4.78, 5) is 19.4. The summed E-state index contributed by atoms with van der Waals surface area (Å²) < 4.78 is 39.1. The highest BCUT2D eigenvalue weighted by molar-refractivity contribution is 5.95. The molecule has 31 heavy (non-hydrogen) atoms. The van der Waals surface area contributed by atoms with Gasteiger partial charge in [-0.25, -0.2) is 0 Å².